The van der Waals surface area contributed by atoms with Crippen molar-refractivity contribution in [1.29, 1.82) is 0 Å². The van der Waals surface area contributed by atoms with E-state index in [0.717, 1.165) is 5.56 Å². The number of hydrogen-bond donors (Lipinski definition) is 1. The minimum absolute atomic E-state index is 0.381. The molecule has 0 fully saturated rings. The zero-order valence-corrected chi connectivity index (χ0v) is 10.8. The third kappa shape index (κ3) is 2.83. The van der Waals surface area contributed by atoms with Gasteiger partial charge in [0.05, 0.1) is 0 Å². The average molecular weight is 266 g/mol. The lowest BCUT2D eigenvalue weighted by Crippen LogP contribution is -2.21. The van der Waals surface area contributed by atoms with Crippen LogP contribution in [0, 0.1) is 0 Å². The van der Waals surface area contributed by atoms with Crippen LogP contribution >= 0.6 is 0 Å². The Morgan fingerprint density at radius 1 is 1.00 bits per heavy atom. The maximum absolute atomic E-state index is 12.4. The van der Waals surface area contributed by atoms with Gasteiger partial charge in [-0.3, -0.25) is 9.59 Å². The molecule has 2 aromatic carbocycles. The molecule has 100 valence electrons. The average Bonchev–Trinajstić information content (AvgIpc) is 2.48. The highest BCUT2D eigenvalue weighted by Gasteiger charge is 2.28. The lowest BCUT2D eigenvalue weighted by Gasteiger charge is -2.11. The normalized spacial score (nSPS) is 11.6. The second kappa shape index (κ2) is 5.97. The second-order valence-corrected chi connectivity index (χ2v) is 4.37. The number of carboxylic acid groups (broad SMARTS) is 1. The standard InChI is InChI=1S/C17H14O3/c1-2-12-8-10-14(11-9-12)16(18)15(17(19)20)13-6-4-3-5-7-13/h2-11,15H,1H2,(H,19,20). The zero-order valence-electron chi connectivity index (χ0n) is 10.8. The number of carboxylic acids is 1. The molecule has 0 amide bonds. The van der Waals surface area contributed by atoms with Gasteiger partial charge in [0, 0.05) is 5.56 Å². The van der Waals surface area contributed by atoms with E-state index in [9.17, 15) is 14.7 Å². The van der Waals surface area contributed by atoms with E-state index < -0.39 is 17.7 Å². The van der Waals surface area contributed by atoms with Crippen molar-refractivity contribution < 1.29 is 14.7 Å². The summed E-state index contributed by atoms with van der Waals surface area (Å²) in [5, 5.41) is 9.32. The van der Waals surface area contributed by atoms with E-state index in [0.29, 0.717) is 11.1 Å². The fraction of sp³-hybridized carbons (Fsp3) is 0.0588. The number of carbonyl (C=O) groups excluding carboxylic acids is 1. The first-order chi connectivity index (χ1) is 9.63. The van der Waals surface area contributed by atoms with Gasteiger partial charge in [-0.2, -0.15) is 0 Å². The predicted molar refractivity (Wildman–Crippen MR) is 77.7 cm³/mol. The molecule has 0 saturated carbocycles. The summed E-state index contributed by atoms with van der Waals surface area (Å²) in [6, 6.07) is 15.2. The quantitative estimate of drug-likeness (QED) is 0.666. The first-order valence-electron chi connectivity index (χ1n) is 6.18. The van der Waals surface area contributed by atoms with Gasteiger partial charge in [0.25, 0.3) is 0 Å². The zero-order chi connectivity index (χ0) is 14.5. The van der Waals surface area contributed by atoms with E-state index in [-0.39, 0.29) is 0 Å². The summed E-state index contributed by atoms with van der Waals surface area (Å²) in [5.74, 6) is -2.74. The van der Waals surface area contributed by atoms with Crippen LogP contribution in [0.1, 0.15) is 27.4 Å². The summed E-state index contributed by atoms with van der Waals surface area (Å²) in [5.41, 5.74) is 1.75. The third-order valence-corrected chi connectivity index (χ3v) is 3.07. The third-order valence-electron chi connectivity index (χ3n) is 3.07. The smallest absolute Gasteiger partial charge is 0.318 e. The van der Waals surface area contributed by atoms with Crippen molar-refractivity contribution >= 4 is 17.8 Å². The van der Waals surface area contributed by atoms with E-state index in [4.69, 9.17) is 0 Å². The van der Waals surface area contributed by atoms with Crippen molar-refractivity contribution in [2.24, 2.45) is 0 Å². The molecule has 0 aromatic heterocycles. The second-order valence-electron chi connectivity index (χ2n) is 4.37. The van der Waals surface area contributed by atoms with Crippen molar-refractivity contribution in [3.05, 3.63) is 77.9 Å². The Morgan fingerprint density at radius 2 is 1.60 bits per heavy atom. The van der Waals surface area contributed by atoms with Gasteiger partial charge in [-0.15, -0.1) is 0 Å². The Labute approximate surface area is 117 Å². The highest BCUT2D eigenvalue weighted by molar-refractivity contribution is 6.12. The highest BCUT2D eigenvalue weighted by atomic mass is 16.4. The van der Waals surface area contributed by atoms with Gasteiger partial charge in [0.2, 0.25) is 0 Å². The largest absolute Gasteiger partial charge is 0.480 e. The molecule has 0 heterocycles. The Bertz CT molecular complexity index is 627. The summed E-state index contributed by atoms with van der Waals surface area (Å²) < 4.78 is 0. The number of carbonyl (C=O) groups is 2. The first kappa shape index (κ1) is 13.7. The van der Waals surface area contributed by atoms with Crippen LogP contribution < -0.4 is 0 Å². The van der Waals surface area contributed by atoms with E-state index in [1.165, 1.54) is 0 Å². The minimum atomic E-state index is -1.18. The molecule has 0 aliphatic carbocycles. The topological polar surface area (TPSA) is 54.4 Å². The Morgan fingerprint density at radius 3 is 2.10 bits per heavy atom. The fourth-order valence-corrected chi connectivity index (χ4v) is 2.00. The van der Waals surface area contributed by atoms with Gasteiger partial charge < -0.3 is 5.11 Å². The molecule has 20 heavy (non-hydrogen) atoms. The molecule has 0 bridgehead atoms. The van der Waals surface area contributed by atoms with Crippen molar-refractivity contribution in [1.82, 2.24) is 0 Å². The number of benzene rings is 2. The van der Waals surface area contributed by atoms with E-state index in [1.807, 2.05) is 0 Å². The van der Waals surface area contributed by atoms with E-state index in [2.05, 4.69) is 6.58 Å². The molecule has 1 unspecified atom stereocenters. The van der Waals surface area contributed by atoms with E-state index >= 15 is 0 Å². The monoisotopic (exact) mass is 266 g/mol. The van der Waals surface area contributed by atoms with Gasteiger partial charge in [0.1, 0.15) is 5.92 Å². The van der Waals surface area contributed by atoms with Crippen LogP contribution in [0.3, 0.4) is 0 Å². The molecule has 0 spiro atoms. The van der Waals surface area contributed by atoms with Crippen molar-refractivity contribution in [3.8, 4) is 0 Å². The minimum Gasteiger partial charge on any atom is -0.480 e. The first-order valence-corrected chi connectivity index (χ1v) is 6.18. The molecular weight excluding hydrogens is 252 g/mol. The Hall–Kier alpha value is -2.68. The number of Topliss-reactive ketones (excluding diaryl/α,β-unsaturated/α-hetero) is 1. The van der Waals surface area contributed by atoms with Crippen LogP contribution in [-0.2, 0) is 4.79 Å². The van der Waals surface area contributed by atoms with Crippen molar-refractivity contribution in [3.63, 3.8) is 0 Å². The van der Waals surface area contributed by atoms with Gasteiger partial charge >= 0.3 is 5.97 Å². The Balaban J connectivity index is 2.36. The molecule has 1 atom stereocenters. The molecule has 0 aliphatic heterocycles. The number of hydrogen-bond acceptors (Lipinski definition) is 2. The Kier molecular flexibility index (Phi) is 4.11. The maximum atomic E-state index is 12.4. The molecule has 0 aliphatic rings. The van der Waals surface area contributed by atoms with Gasteiger partial charge in [-0.1, -0.05) is 67.3 Å². The molecule has 3 nitrogen and oxygen atoms in total. The summed E-state index contributed by atoms with van der Waals surface area (Å²) in [6.07, 6.45) is 1.67. The van der Waals surface area contributed by atoms with Gasteiger partial charge in [-0.25, -0.2) is 0 Å². The molecule has 0 radical (unpaired) electrons. The lowest BCUT2D eigenvalue weighted by atomic mass is 9.90. The summed E-state index contributed by atoms with van der Waals surface area (Å²) in [4.78, 5) is 23.8. The van der Waals surface area contributed by atoms with Crippen LogP contribution in [0.15, 0.2) is 61.2 Å². The molecule has 2 aromatic rings. The molecule has 2 rings (SSSR count). The lowest BCUT2D eigenvalue weighted by molar-refractivity contribution is -0.137. The fourth-order valence-electron chi connectivity index (χ4n) is 2.00. The van der Waals surface area contributed by atoms with E-state index in [1.54, 1.807) is 60.7 Å². The molecular formula is C17H14O3. The van der Waals surface area contributed by atoms with Crippen LogP contribution in [0.25, 0.3) is 6.08 Å². The van der Waals surface area contributed by atoms with Crippen LogP contribution in [0.4, 0.5) is 0 Å². The highest BCUT2D eigenvalue weighted by Crippen LogP contribution is 2.21. The van der Waals surface area contributed by atoms with Crippen LogP contribution in [0.5, 0.6) is 0 Å². The molecule has 3 heteroatoms. The molecule has 1 N–H and O–H groups in total. The van der Waals surface area contributed by atoms with Gasteiger partial charge in [-0.05, 0) is 11.1 Å². The number of aliphatic carboxylic acids is 1. The summed E-state index contributed by atoms with van der Waals surface area (Å²) in [7, 11) is 0. The van der Waals surface area contributed by atoms with Crippen LogP contribution in [-0.4, -0.2) is 16.9 Å². The number of rotatable bonds is 5. The number of ketones is 1. The van der Waals surface area contributed by atoms with Crippen molar-refractivity contribution in [2.75, 3.05) is 0 Å². The molecule has 0 saturated heterocycles. The van der Waals surface area contributed by atoms with Crippen molar-refractivity contribution in [2.45, 2.75) is 5.92 Å². The predicted octanol–water partition coefficient (Wildman–Crippen LogP) is 3.38. The SMILES string of the molecule is C=Cc1ccc(C(=O)C(C(=O)O)c2ccccc2)cc1. The summed E-state index contributed by atoms with van der Waals surface area (Å²) in [6.45, 7) is 3.64. The maximum Gasteiger partial charge on any atom is 0.318 e. The van der Waals surface area contributed by atoms with Gasteiger partial charge in [0.15, 0.2) is 5.78 Å². The summed E-state index contributed by atoms with van der Waals surface area (Å²) >= 11 is 0. The van der Waals surface area contributed by atoms with Crippen LogP contribution in [0.2, 0.25) is 0 Å².